The van der Waals surface area contributed by atoms with Crippen LogP contribution >= 0.6 is 0 Å². The second kappa shape index (κ2) is 8.40. The smallest absolute Gasteiger partial charge is 0.304 e. The monoisotopic (exact) mass is 373 g/mol. The molecule has 1 aromatic carbocycles. The van der Waals surface area contributed by atoms with Gasteiger partial charge < -0.3 is 14.4 Å². The molecule has 7 heteroatoms. The molecule has 0 bridgehead atoms. The molecule has 6 nitrogen and oxygen atoms in total. The number of methoxy groups -OCH3 is 1. The van der Waals surface area contributed by atoms with Gasteiger partial charge in [-0.25, -0.2) is 8.96 Å². The molecule has 144 valence electrons. The van der Waals surface area contributed by atoms with Gasteiger partial charge in [-0.05, 0) is 6.07 Å². The van der Waals surface area contributed by atoms with E-state index in [1.807, 2.05) is 18.7 Å². The number of ether oxygens (including phenoxy) is 2. The Morgan fingerprint density at radius 2 is 2.11 bits per heavy atom. The van der Waals surface area contributed by atoms with Gasteiger partial charge in [0.2, 0.25) is 5.91 Å². The van der Waals surface area contributed by atoms with E-state index in [9.17, 15) is 9.18 Å². The predicted octanol–water partition coefficient (Wildman–Crippen LogP) is 3.10. The Balaban J connectivity index is 1.92. The van der Waals surface area contributed by atoms with Crippen molar-refractivity contribution in [3.8, 4) is 17.9 Å². The lowest BCUT2D eigenvalue weighted by Crippen LogP contribution is -2.36. The first-order chi connectivity index (χ1) is 13.0. The van der Waals surface area contributed by atoms with Gasteiger partial charge in [0.1, 0.15) is 5.82 Å². The summed E-state index contributed by atoms with van der Waals surface area (Å²) in [6.45, 7) is 6.35. The van der Waals surface area contributed by atoms with Crippen LogP contribution in [0.2, 0.25) is 0 Å². The molecule has 0 aliphatic carbocycles. The Hall–Kier alpha value is -2.59. The number of halogens is 1. The minimum Gasteiger partial charge on any atom is -0.468 e. The van der Waals surface area contributed by atoms with E-state index in [1.165, 1.54) is 17.7 Å². The second-order valence-corrected chi connectivity index (χ2v) is 6.70. The molecule has 2 aromatic rings. The zero-order valence-electron chi connectivity index (χ0n) is 15.9. The average Bonchev–Trinajstić information content (AvgIpc) is 3.02. The van der Waals surface area contributed by atoms with Crippen LogP contribution in [-0.2, 0) is 4.74 Å². The van der Waals surface area contributed by atoms with Crippen LogP contribution in [0.1, 0.15) is 31.5 Å². The van der Waals surface area contributed by atoms with Gasteiger partial charge in [0.05, 0.1) is 37.0 Å². The van der Waals surface area contributed by atoms with E-state index in [-0.39, 0.29) is 30.1 Å². The van der Waals surface area contributed by atoms with E-state index in [0.29, 0.717) is 49.4 Å². The Bertz CT molecular complexity index is 889. The summed E-state index contributed by atoms with van der Waals surface area (Å²) in [5.74, 6) is 5.68. The quantitative estimate of drug-likeness (QED) is 0.771. The van der Waals surface area contributed by atoms with Crippen molar-refractivity contribution in [3.05, 3.63) is 17.9 Å². The zero-order valence-corrected chi connectivity index (χ0v) is 15.9. The van der Waals surface area contributed by atoms with E-state index in [2.05, 4.69) is 16.8 Å². The highest BCUT2D eigenvalue weighted by Crippen LogP contribution is 2.29. The SMILES string of the molecule is COc1nc2cc(N3CCOCC3)c(F)cc2n1C(=O)CCC#CC(C)C. The van der Waals surface area contributed by atoms with Crippen LogP contribution in [0.4, 0.5) is 10.1 Å². The van der Waals surface area contributed by atoms with Crippen molar-refractivity contribution in [3.63, 3.8) is 0 Å². The molecule has 1 fully saturated rings. The highest BCUT2D eigenvalue weighted by atomic mass is 19.1. The number of anilines is 1. The molecule has 0 saturated carbocycles. The summed E-state index contributed by atoms with van der Waals surface area (Å²) in [7, 11) is 1.45. The van der Waals surface area contributed by atoms with E-state index >= 15 is 0 Å². The first kappa shape index (κ1) is 19.2. The molecule has 0 N–H and O–H groups in total. The molecule has 27 heavy (non-hydrogen) atoms. The molecule has 0 radical (unpaired) electrons. The van der Waals surface area contributed by atoms with Crippen LogP contribution in [0.3, 0.4) is 0 Å². The van der Waals surface area contributed by atoms with Gasteiger partial charge in [0.25, 0.3) is 0 Å². The molecule has 0 spiro atoms. The topological polar surface area (TPSA) is 56.6 Å². The zero-order chi connectivity index (χ0) is 19.4. The van der Waals surface area contributed by atoms with Crippen molar-refractivity contribution in [2.75, 3.05) is 38.3 Å². The Kier molecular flexibility index (Phi) is 5.97. The van der Waals surface area contributed by atoms with Crippen LogP contribution < -0.4 is 9.64 Å². The molecule has 2 heterocycles. The maximum Gasteiger partial charge on any atom is 0.304 e. The molecule has 1 saturated heterocycles. The molecule has 3 rings (SSSR count). The Morgan fingerprint density at radius 3 is 2.78 bits per heavy atom. The summed E-state index contributed by atoms with van der Waals surface area (Å²) in [5.41, 5.74) is 1.40. The number of benzene rings is 1. The number of carbonyl (C=O) groups excluding carboxylic acids is 1. The third-order valence-corrected chi connectivity index (χ3v) is 4.33. The first-order valence-electron chi connectivity index (χ1n) is 9.11. The van der Waals surface area contributed by atoms with Crippen LogP contribution in [0.5, 0.6) is 6.01 Å². The molecule has 0 amide bonds. The van der Waals surface area contributed by atoms with Gasteiger partial charge in [-0.1, -0.05) is 13.8 Å². The van der Waals surface area contributed by atoms with E-state index < -0.39 is 0 Å². The van der Waals surface area contributed by atoms with Crippen molar-refractivity contribution in [1.29, 1.82) is 0 Å². The second-order valence-electron chi connectivity index (χ2n) is 6.70. The number of imidazole rings is 1. The number of nitrogens with zero attached hydrogens (tertiary/aromatic N) is 3. The molecule has 1 aliphatic rings. The van der Waals surface area contributed by atoms with Crippen molar-refractivity contribution in [2.45, 2.75) is 26.7 Å². The lowest BCUT2D eigenvalue weighted by molar-refractivity contribution is 0.0898. The van der Waals surface area contributed by atoms with Crippen molar-refractivity contribution in [2.24, 2.45) is 5.92 Å². The van der Waals surface area contributed by atoms with Gasteiger partial charge in [0, 0.05) is 37.9 Å². The predicted molar refractivity (Wildman–Crippen MR) is 102 cm³/mol. The number of carbonyl (C=O) groups is 1. The van der Waals surface area contributed by atoms with Gasteiger partial charge in [-0.15, -0.1) is 11.8 Å². The van der Waals surface area contributed by atoms with Gasteiger partial charge in [0.15, 0.2) is 0 Å². The fourth-order valence-corrected chi connectivity index (χ4v) is 3.05. The Morgan fingerprint density at radius 1 is 1.37 bits per heavy atom. The molecule has 1 aliphatic heterocycles. The summed E-state index contributed by atoms with van der Waals surface area (Å²) >= 11 is 0. The van der Waals surface area contributed by atoms with Crippen molar-refractivity contribution >= 4 is 22.6 Å². The minimum absolute atomic E-state index is 0.158. The highest BCUT2D eigenvalue weighted by Gasteiger charge is 2.22. The summed E-state index contributed by atoms with van der Waals surface area (Å²) in [6.07, 6.45) is 0.655. The van der Waals surface area contributed by atoms with E-state index in [4.69, 9.17) is 9.47 Å². The molecule has 0 atom stereocenters. The van der Waals surface area contributed by atoms with Crippen LogP contribution in [-0.4, -0.2) is 48.9 Å². The molecular formula is C20H24FN3O3. The first-order valence-corrected chi connectivity index (χ1v) is 9.11. The maximum absolute atomic E-state index is 14.8. The normalized spacial score (nSPS) is 14.3. The largest absolute Gasteiger partial charge is 0.468 e. The van der Waals surface area contributed by atoms with Gasteiger partial charge in [-0.2, -0.15) is 4.98 Å². The third-order valence-electron chi connectivity index (χ3n) is 4.33. The number of rotatable bonds is 4. The fraction of sp³-hybridized carbons (Fsp3) is 0.500. The maximum atomic E-state index is 14.8. The number of fused-ring (bicyclic) bond motifs is 1. The summed E-state index contributed by atoms with van der Waals surface area (Å²) < 4.78 is 26.7. The number of hydrogen-bond donors (Lipinski definition) is 0. The summed E-state index contributed by atoms with van der Waals surface area (Å²) in [5, 5.41) is 0. The molecule has 1 aromatic heterocycles. The fourth-order valence-electron chi connectivity index (χ4n) is 3.05. The minimum atomic E-state index is -0.388. The third kappa shape index (κ3) is 4.22. The number of morpholine rings is 1. The van der Waals surface area contributed by atoms with E-state index in [0.717, 1.165) is 0 Å². The number of hydrogen-bond acceptors (Lipinski definition) is 5. The lowest BCUT2D eigenvalue weighted by atomic mass is 10.2. The number of aromatic nitrogens is 2. The highest BCUT2D eigenvalue weighted by molar-refractivity contribution is 5.93. The molecular weight excluding hydrogens is 349 g/mol. The average molecular weight is 373 g/mol. The van der Waals surface area contributed by atoms with Crippen LogP contribution in [0, 0.1) is 23.6 Å². The van der Waals surface area contributed by atoms with Crippen molar-refractivity contribution in [1.82, 2.24) is 9.55 Å². The van der Waals surface area contributed by atoms with Crippen LogP contribution in [0.15, 0.2) is 12.1 Å². The van der Waals surface area contributed by atoms with E-state index in [1.54, 1.807) is 6.07 Å². The van der Waals surface area contributed by atoms with Gasteiger partial charge in [-0.3, -0.25) is 4.79 Å². The Labute approximate surface area is 158 Å². The standard InChI is InChI=1S/C20H24FN3O3/c1-14(2)6-4-5-7-19(25)24-18-12-15(21)17(23-8-10-27-11-9-23)13-16(18)22-20(24)26-3/h12-14H,5,7-11H2,1-3H3. The van der Waals surface area contributed by atoms with Crippen molar-refractivity contribution < 1.29 is 18.7 Å². The lowest BCUT2D eigenvalue weighted by Gasteiger charge is -2.29. The summed E-state index contributed by atoms with van der Waals surface area (Å²) in [6, 6.07) is 3.18. The molecule has 0 unspecified atom stereocenters. The van der Waals surface area contributed by atoms with Gasteiger partial charge >= 0.3 is 6.01 Å². The van der Waals surface area contributed by atoms with Crippen LogP contribution in [0.25, 0.3) is 11.0 Å². The summed E-state index contributed by atoms with van der Waals surface area (Å²) in [4.78, 5) is 19.0.